The van der Waals surface area contributed by atoms with Crippen LogP contribution in [0.2, 0.25) is 0 Å². The fourth-order valence-corrected chi connectivity index (χ4v) is 2.39. The van der Waals surface area contributed by atoms with Gasteiger partial charge in [-0.15, -0.1) is 0 Å². The number of anilines is 1. The molecule has 1 aromatic rings. The van der Waals surface area contributed by atoms with Gasteiger partial charge >= 0.3 is 16.3 Å². The van der Waals surface area contributed by atoms with Crippen LogP contribution in [0.3, 0.4) is 0 Å². The lowest BCUT2D eigenvalue weighted by Crippen LogP contribution is -2.42. The van der Waals surface area contributed by atoms with E-state index < -0.39 is 28.4 Å². The molecule has 1 atom stereocenters. The van der Waals surface area contributed by atoms with Crippen molar-refractivity contribution in [3.8, 4) is 0 Å². The average molecular weight is 301 g/mol. The van der Waals surface area contributed by atoms with Crippen molar-refractivity contribution < 1.29 is 17.9 Å². The average Bonchev–Trinajstić information content (AvgIpc) is 2.26. The third-order valence-electron chi connectivity index (χ3n) is 2.33. The van der Waals surface area contributed by atoms with Crippen molar-refractivity contribution in [1.82, 2.24) is 9.44 Å². The topological polar surface area (TPSA) is 111 Å². The van der Waals surface area contributed by atoms with Crippen molar-refractivity contribution in [2.75, 3.05) is 5.73 Å². The molecule has 0 saturated heterocycles. The second-order valence-corrected chi connectivity index (χ2v) is 6.01. The Balaban J connectivity index is 2.66. The first-order chi connectivity index (χ1) is 9.19. The zero-order chi connectivity index (χ0) is 15.3. The number of nitrogen functional groups attached to an aromatic ring is 1. The van der Waals surface area contributed by atoms with Crippen LogP contribution < -0.4 is 15.2 Å². The number of rotatable bonds is 5. The van der Waals surface area contributed by atoms with E-state index in [1.165, 1.54) is 0 Å². The summed E-state index contributed by atoms with van der Waals surface area (Å²) in [7, 11) is -3.99. The van der Waals surface area contributed by atoms with Crippen molar-refractivity contribution in [1.29, 1.82) is 0 Å². The van der Waals surface area contributed by atoms with E-state index in [0.29, 0.717) is 5.69 Å². The molecule has 4 N–H and O–H groups in total. The molecule has 8 heteroatoms. The van der Waals surface area contributed by atoms with Crippen molar-refractivity contribution in [3.63, 3.8) is 0 Å². The summed E-state index contributed by atoms with van der Waals surface area (Å²) >= 11 is 0. The maximum absolute atomic E-state index is 11.7. The van der Waals surface area contributed by atoms with Gasteiger partial charge in [0.25, 0.3) is 0 Å². The molecule has 7 nitrogen and oxygen atoms in total. The summed E-state index contributed by atoms with van der Waals surface area (Å²) in [4.78, 5) is 11.3. The summed E-state index contributed by atoms with van der Waals surface area (Å²) in [5.41, 5.74) is 6.86. The van der Waals surface area contributed by atoms with Gasteiger partial charge in [0.15, 0.2) is 0 Å². The van der Waals surface area contributed by atoms with Crippen LogP contribution in [0, 0.1) is 0 Å². The van der Waals surface area contributed by atoms with Crippen molar-refractivity contribution in [2.45, 2.75) is 32.9 Å². The molecule has 1 rings (SSSR count). The summed E-state index contributed by atoms with van der Waals surface area (Å²) in [5, 5.41) is 0. The summed E-state index contributed by atoms with van der Waals surface area (Å²) < 4.78 is 32.2. The van der Waals surface area contributed by atoms with Gasteiger partial charge in [0.1, 0.15) is 0 Å². The lowest BCUT2D eigenvalue weighted by Gasteiger charge is -2.16. The van der Waals surface area contributed by atoms with Crippen LogP contribution in [0.25, 0.3) is 0 Å². The molecule has 0 fully saturated rings. The zero-order valence-corrected chi connectivity index (χ0v) is 12.4. The highest BCUT2D eigenvalue weighted by molar-refractivity contribution is 7.88. The van der Waals surface area contributed by atoms with Crippen LogP contribution >= 0.6 is 0 Å². The largest absolute Gasteiger partial charge is 0.446 e. The van der Waals surface area contributed by atoms with Gasteiger partial charge in [0.2, 0.25) is 0 Å². The molecule has 0 aliphatic rings. The molecule has 0 heterocycles. The summed E-state index contributed by atoms with van der Waals surface area (Å²) in [6, 6.07) is 6.23. The fourth-order valence-electron chi connectivity index (χ4n) is 1.46. The van der Waals surface area contributed by atoms with Gasteiger partial charge in [0.05, 0.1) is 6.10 Å². The Morgan fingerprint density at radius 1 is 1.20 bits per heavy atom. The van der Waals surface area contributed by atoms with Crippen LogP contribution in [-0.2, 0) is 14.9 Å². The second kappa shape index (κ2) is 6.58. The number of nitrogens with two attached hydrogens (primary N) is 1. The van der Waals surface area contributed by atoms with Crippen LogP contribution in [0.5, 0.6) is 0 Å². The molecule has 112 valence electrons. The summed E-state index contributed by atoms with van der Waals surface area (Å²) in [5.74, 6) is 0. The molecule has 20 heavy (non-hydrogen) atoms. The van der Waals surface area contributed by atoms with Gasteiger partial charge in [0, 0.05) is 11.7 Å². The molecule has 0 aliphatic carbocycles. The number of hydrogen-bond acceptors (Lipinski definition) is 5. The number of ether oxygens (including phenoxy) is 1. The minimum absolute atomic E-state index is 0.403. The van der Waals surface area contributed by atoms with Gasteiger partial charge in [-0.3, -0.25) is 0 Å². The minimum Gasteiger partial charge on any atom is -0.446 e. The van der Waals surface area contributed by atoms with Gasteiger partial charge in [-0.05, 0) is 38.5 Å². The smallest absolute Gasteiger partial charge is 0.422 e. The van der Waals surface area contributed by atoms with E-state index in [2.05, 4.69) is 4.72 Å². The Hall–Kier alpha value is -1.80. The zero-order valence-electron chi connectivity index (χ0n) is 11.6. The van der Waals surface area contributed by atoms with E-state index in [1.54, 1.807) is 49.8 Å². The Labute approximate surface area is 118 Å². The molecule has 1 amide bonds. The first kappa shape index (κ1) is 16.3. The van der Waals surface area contributed by atoms with E-state index in [4.69, 9.17) is 10.5 Å². The number of carbonyl (C=O) groups is 1. The van der Waals surface area contributed by atoms with E-state index >= 15 is 0 Å². The third kappa shape index (κ3) is 5.45. The molecule has 0 radical (unpaired) electrons. The molecular weight excluding hydrogens is 282 g/mol. The Bertz CT molecular complexity index is 555. The van der Waals surface area contributed by atoms with Gasteiger partial charge in [-0.1, -0.05) is 12.1 Å². The highest BCUT2D eigenvalue weighted by Gasteiger charge is 2.19. The first-order valence-corrected chi connectivity index (χ1v) is 7.54. The van der Waals surface area contributed by atoms with Gasteiger partial charge in [-0.25, -0.2) is 9.52 Å². The van der Waals surface area contributed by atoms with Crippen molar-refractivity contribution >= 4 is 22.0 Å². The van der Waals surface area contributed by atoms with Crippen LogP contribution in [0.15, 0.2) is 24.3 Å². The first-order valence-electron chi connectivity index (χ1n) is 6.05. The van der Waals surface area contributed by atoms with Crippen molar-refractivity contribution in [2.24, 2.45) is 0 Å². The number of carbonyl (C=O) groups excluding carboxylic acids is 1. The Kier molecular flexibility index (Phi) is 5.34. The predicted molar refractivity (Wildman–Crippen MR) is 76.1 cm³/mol. The normalized spacial score (nSPS) is 13.0. The molecule has 0 saturated carbocycles. The van der Waals surface area contributed by atoms with Gasteiger partial charge in [-0.2, -0.15) is 13.1 Å². The third-order valence-corrected chi connectivity index (χ3v) is 3.43. The van der Waals surface area contributed by atoms with E-state index in [1.807, 2.05) is 0 Å². The molecule has 1 aromatic carbocycles. The highest BCUT2D eigenvalue weighted by Crippen LogP contribution is 2.14. The van der Waals surface area contributed by atoms with Crippen LogP contribution in [0.4, 0.5) is 10.5 Å². The highest BCUT2D eigenvalue weighted by atomic mass is 32.2. The SMILES string of the molecule is CC(C)OC(=O)NS(=O)(=O)NC(C)c1ccc(N)cc1. The maximum Gasteiger partial charge on any atom is 0.422 e. The summed E-state index contributed by atoms with van der Waals surface area (Å²) in [6.07, 6.45) is -1.42. The number of benzene rings is 1. The number of hydrogen-bond donors (Lipinski definition) is 3. The lowest BCUT2D eigenvalue weighted by atomic mass is 10.1. The maximum atomic E-state index is 11.7. The molecule has 0 aliphatic heterocycles. The van der Waals surface area contributed by atoms with E-state index in [9.17, 15) is 13.2 Å². The summed E-state index contributed by atoms with van der Waals surface area (Å²) in [6.45, 7) is 4.89. The molecule has 1 unspecified atom stereocenters. The standard InChI is InChI=1S/C12H19N3O4S/c1-8(2)19-12(16)15-20(17,18)14-9(3)10-4-6-11(13)7-5-10/h4-9,14H,13H2,1-3H3,(H,15,16). The second-order valence-electron chi connectivity index (χ2n) is 4.57. The number of amides is 1. The minimum atomic E-state index is -3.99. The monoisotopic (exact) mass is 301 g/mol. The molecular formula is C12H19N3O4S. The van der Waals surface area contributed by atoms with Crippen molar-refractivity contribution in [3.05, 3.63) is 29.8 Å². The fraction of sp³-hybridized carbons (Fsp3) is 0.417. The van der Waals surface area contributed by atoms with E-state index in [-0.39, 0.29) is 0 Å². The Morgan fingerprint density at radius 3 is 2.25 bits per heavy atom. The number of nitrogens with one attached hydrogen (secondary N) is 2. The Morgan fingerprint density at radius 2 is 1.75 bits per heavy atom. The van der Waals surface area contributed by atoms with Crippen LogP contribution in [-0.4, -0.2) is 20.6 Å². The molecule has 0 aromatic heterocycles. The van der Waals surface area contributed by atoms with Gasteiger partial charge < -0.3 is 10.5 Å². The lowest BCUT2D eigenvalue weighted by molar-refractivity contribution is 0.121. The molecule has 0 bridgehead atoms. The molecule has 0 spiro atoms. The van der Waals surface area contributed by atoms with E-state index in [0.717, 1.165) is 5.56 Å². The van der Waals surface area contributed by atoms with Crippen LogP contribution in [0.1, 0.15) is 32.4 Å². The quantitative estimate of drug-likeness (QED) is 0.710. The predicted octanol–water partition coefficient (Wildman–Crippen LogP) is 1.30.